The maximum absolute atomic E-state index is 12.2. The molecule has 0 N–H and O–H groups in total. The lowest BCUT2D eigenvalue weighted by Crippen LogP contribution is -2.40. The number of ether oxygens (including phenoxy) is 1. The fourth-order valence-corrected chi connectivity index (χ4v) is 2.60. The summed E-state index contributed by atoms with van der Waals surface area (Å²) < 4.78 is 5.64. The molecule has 1 amide bonds. The molecule has 0 aliphatic rings. The van der Waals surface area contributed by atoms with Crippen LogP contribution < -0.4 is 0 Å². The van der Waals surface area contributed by atoms with Crippen molar-refractivity contribution in [2.45, 2.75) is 19.9 Å². The van der Waals surface area contributed by atoms with Crippen LogP contribution in [0.3, 0.4) is 0 Å². The lowest BCUT2D eigenvalue weighted by molar-refractivity contribution is -0.141. The summed E-state index contributed by atoms with van der Waals surface area (Å²) in [5.74, 6) is -0.540. The van der Waals surface area contributed by atoms with Crippen molar-refractivity contribution in [3.63, 3.8) is 0 Å². The minimum Gasteiger partial charge on any atom is -0.468 e. The number of hydrogen-bond donors (Lipinski definition) is 0. The van der Waals surface area contributed by atoms with Crippen molar-refractivity contribution in [2.24, 2.45) is 0 Å². The molecule has 0 saturated carbocycles. The number of hydrogen-bond acceptors (Lipinski definition) is 4. The maximum Gasteiger partial charge on any atom is 0.325 e. The first-order valence-corrected chi connectivity index (χ1v) is 7.03. The van der Waals surface area contributed by atoms with Crippen LogP contribution in [0.2, 0.25) is 0 Å². The second kappa shape index (κ2) is 6.34. The number of carbonyl (C=O) groups is 2. The number of esters is 1. The molecule has 0 aliphatic heterocycles. The minimum atomic E-state index is -0.406. The van der Waals surface area contributed by atoms with Gasteiger partial charge in [0.05, 0.1) is 15.6 Å². The summed E-state index contributed by atoms with van der Waals surface area (Å²) in [4.78, 5) is 24.9. The Bertz CT molecular complexity index is 417. The highest BCUT2D eigenvalue weighted by atomic mass is 127. The van der Waals surface area contributed by atoms with Gasteiger partial charge in [0.2, 0.25) is 0 Å². The first-order chi connectivity index (χ1) is 7.95. The Kier molecular flexibility index (Phi) is 5.38. The number of amides is 1. The molecular weight excluding hydrogens is 353 g/mol. The van der Waals surface area contributed by atoms with Crippen molar-refractivity contribution < 1.29 is 14.3 Å². The van der Waals surface area contributed by atoms with Gasteiger partial charge in [-0.1, -0.05) is 0 Å². The van der Waals surface area contributed by atoms with Crippen LogP contribution in [0.4, 0.5) is 0 Å². The Morgan fingerprint density at radius 2 is 2.18 bits per heavy atom. The van der Waals surface area contributed by atoms with Crippen LogP contribution in [0.25, 0.3) is 0 Å². The molecule has 1 aromatic rings. The van der Waals surface area contributed by atoms with Gasteiger partial charge in [0.1, 0.15) is 6.54 Å². The van der Waals surface area contributed by atoms with Crippen molar-refractivity contribution in [3.8, 4) is 0 Å². The standard InChI is InChI=1S/C11H14INO3S/c1-7(2)13(5-10(14)16-3)11(15)8-4-9(12)17-6-8/h4,6-7H,5H2,1-3H3. The van der Waals surface area contributed by atoms with Gasteiger partial charge in [0.15, 0.2) is 0 Å². The third-order valence-corrected chi connectivity index (χ3v) is 4.01. The van der Waals surface area contributed by atoms with Gasteiger partial charge >= 0.3 is 5.97 Å². The number of halogens is 1. The highest BCUT2D eigenvalue weighted by molar-refractivity contribution is 14.1. The predicted octanol–water partition coefficient (Wildman–Crippen LogP) is 2.38. The number of rotatable bonds is 4. The number of carbonyl (C=O) groups excluding carboxylic acids is 2. The van der Waals surface area contributed by atoms with Crippen molar-refractivity contribution in [1.82, 2.24) is 4.90 Å². The zero-order valence-corrected chi connectivity index (χ0v) is 12.9. The third-order valence-electron chi connectivity index (χ3n) is 2.23. The Hall–Kier alpha value is -0.630. The third kappa shape index (κ3) is 3.95. The average molecular weight is 367 g/mol. The Morgan fingerprint density at radius 3 is 2.59 bits per heavy atom. The van der Waals surface area contributed by atoms with Crippen LogP contribution in [-0.4, -0.2) is 36.5 Å². The molecule has 0 atom stereocenters. The fourth-order valence-electron chi connectivity index (χ4n) is 1.28. The molecule has 0 saturated heterocycles. The van der Waals surface area contributed by atoms with Gasteiger partial charge in [-0.2, -0.15) is 0 Å². The van der Waals surface area contributed by atoms with Crippen molar-refractivity contribution in [2.75, 3.05) is 13.7 Å². The molecule has 0 fully saturated rings. The monoisotopic (exact) mass is 367 g/mol. The molecule has 0 aromatic carbocycles. The summed E-state index contributed by atoms with van der Waals surface area (Å²) >= 11 is 3.67. The van der Waals surface area contributed by atoms with E-state index in [0.717, 1.165) is 2.88 Å². The Morgan fingerprint density at radius 1 is 1.53 bits per heavy atom. The molecule has 1 heterocycles. The van der Waals surface area contributed by atoms with Crippen LogP contribution in [-0.2, 0) is 9.53 Å². The van der Waals surface area contributed by atoms with E-state index in [0.29, 0.717) is 5.56 Å². The van der Waals surface area contributed by atoms with Gasteiger partial charge in [0.25, 0.3) is 5.91 Å². The van der Waals surface area contributed by atoms with Gasteiger partial charge < -0.3 is 9.64 Å². The largest absolute Gasteiger partial charge is 0.468 e. The van der Waals surface area contributed by atoms with E-state index in [2.05, 4.69) is 27.3 Å². The zero-order chi connectivity index (χ0) is 13.0. The van der Waals surface area contributed by atoms with Crippen molar-refractivity contribution in [3.05, 3.63) is 19.9 Å². The average Bonchev–Trinajstić information content (AvgIpc) is 2.71. The summed E-state index contributed by atoms with van der Waals surface area (Å²) in [6, 6.07) is 1.78. The summed E-state index contributed by atoms with van der Waals surface area (Å²) in [6.07, 6.45) is 0. The second-order valence-corrected chi connectivity index (χ2v) is 6.55. The molecule has 0 radical (unpaired) electrons. The molecule has 1 aromatic heterocycles. The van der Waals surface area contributed by atoms with Gasteiger partial charge in [0, 0.05) is 11.4 Å². The number of methoxy groups -OCH3 is 1. The fraction of sp³-hybridized carbons (Fsp3) is 0.455. The lowest BCUT2D eigenvalue weighted by atomic mass is 10.2. The quantitative estimate of drug-likeness (QED) is 0.607. The Balaban J connectivity index is 2.84. The van der Waals surface area contributed by atoms with E-state index in [1.165, 1.54) is 23.3 Å². The summed E-state index contributed by atoms with van der Waals surface area (Å²) in [7, 11) is 1.32. The molecular formula is C11H14INO3S. The molecule has 94 valence electrons. The van der Waals surface area contributed by atoms with E-state index in [-0.39, 0.29) is 18.5 Å². The van der Waals surface area contributed by atoms with E-state index in [4.69, 9.17) is 0 Å². The highest BCUT2D eigenvalue weighted by Gasteiger charge is 2.22. The van der Waals surface area contributed by atoms with Crippen molar-refractivity contribution in [1.29, 1.82) is 0 Å². The molecule has 6 heteroatoms. The predicted molar refractivity (Wildman–Crippen MR) is 75.2 cm³/mol. The first-order valence-electron chi connectivity index (χ1n) is 5.07. The second-order valence-electron chi connectivity index (χ2n) is 3.74. The van der Waals surface area contributed by atoms with Crippen LogP contribution in [0.1, 0.15) is 24.2 Å². The maximum atomic E-state index is 12.2. The number of thiophene rings is 1. The summed E-state index contributed by atoms with van der Waals surface area (Å²) in [6.45, 7) is 3.73. The van der Waals surface area contributed by atoms with Crippen LogP contribution in [0, 0.1) is 2.88 Å². The van der Waals surface area contributed by atoms with Gasteiger partial charge in [-0.25, -0.2) is 0 Å². The Labute approximate surface area is 118 Å². The minimum absolute atomic E-state index is 0.0145. The van der Waals surface area contributed by atoms with Crippen LogP contribution in [0.15, 0.2) is 11.4 Å². The molecule has 4 nitrogen and oxygen atoms in total. The number of nitrogens with zero attached hydrogens (tertiary/aromatic N) is 1. The van der Waals surface area contributed by atoms with Gasteiger partial charge in [-0.3, -0.25) is 9.59 Å². The van der Waals surface area contributed by atoms with Gasteiger partial charge in [-0.15, -0.1) is 11.3 Å². The summed E-state index contributed by atoms with van der Waals surface area (Å²) in [5, 5.41) is 1.80. The molecule has 0 bridgehead atoms. The van der Waals surface area contributed by atoms with E-state index in [1.54, 1.807) is 5.38 Å². The van der Waals surface area contributed by atoms with E-state index >= 15 is 0 Å². The molecule has 1 rings (SSSR count). The lowest BCUT2D eigenvalue weighted by Gasteiger charge is -2.25. The highest BCUT2D eigenvalue weighted by Crippen LogP contribution is 2.19. The van der Waals surface area contributed by atoms with Crippen LogP contribution >= 0.6 is 33.9 Å². The molecule has 0 unspecified atom stereocenters. The van der Waals surface area contributed by atoms with Gasteiger partial charge in [-0.05, 0) is 42.5 Å². The van der Waals surface area contributed by atoms with E-state index in [9.17, 15) is 9.59 Å². The summed E-state index contributed by atoms with van der Waals surface area (Å²) in [5.41, 5.74) is 0.622. The van der Waals surface area contributed by atoms with Crippen LogP contribution in [0.5, 0.6) is 0 Å². The van der Waals surface area contributed by atoms with Crippen molar-refractivity contribution >= 4 is 45.8 Å². The molecule has 0 aliphatic carbocycles. The normalized spacial score (nSPS) is 10.4. The smallest absolute Gasteiger partial charge is 0.325 e. The van der Waals surface area contributed by atoms with E-state index < -0.39 is 5.97 Å². The first kappa shape index (κ1) is 14.4. The topological polar surface area (TPSA) is 46.6 Å². The molecule has 0 spiro atoms. The van der Waals surface area contributed by atoms with E-state index in [1.807, 2.05) is 19.9 Å². The molecule has 17 heavy (non-hydrogen) atoms. The zero-order valence-electron chi connectivity index (χ0n) is 9.90. The SMILES string of the molecule is COC(=O)CN(C(=O)c1csc(I)c1)C(C)C.